The van der Waals surface area contributed by atoms with Gasteiger partial charge in [0.05, 0.1) is 17.8 Å². The quantitative estimate of drug-likeness (QED) is 0.848. The van der Waals surface area contributed by atoms with Gasteiger partial charge in [0.2, 0.25) is 11.8 Å². The fourth-order valence-corrected chi connectivity index (χ4v) is 4.67. The number of thioether (sulfide) groups is 2. The topological polar surface area (TPSA) is 86.7 Å². The number of carbonyl (C=O) groups excluding carboxylic acids is 3. The van der Waals surface area contributed by atoms with Crippen molar-refractivity contribution in [1.82, 2.24) is 5.32 Å². The predicted octanol–water partition coefficient (Wildman–Crippen LogP) is 1.24. The summed E-state index contributed by atoms with van der Waals surface area (Å²) in [4.78, 5) is 37.7. The van der Waals surface area contributed by atoms with Crippen molar-refractivity contribution in [2.45, 2.75) is 23.8 Å². The summed E-state index contributed by atoms with van der Waals surface area (Å²) in [6, 6.07) is 8.39. The molecule has 2 fully saturated rings. The molecule has 2 heterocycles. The third kappa shape index (κ3) is 3.54. The monoisotopic (exact) mass is 352 g/mol. The van der Waals surface area contributed by atoms with E-state index in [0.29, 0.717) is 17.2 Å². The molecule has 0 spiro atoms. The molecular weight excluding hydrogens is 336 g/mol. The highest BCUT2D eigenvalue weighted by Gasteiger charge is 2.42. The van der Waals surface area contributed by atoms with Gasteiger partial charge in [0.1, 0.15) is 5.25 Å². The summed E-state index contributed by atoms with van der Waals surface area (Å²) in [5, 5.41) is 11.4. The molecule has 2 saturated heterocycles. The van der Waals surface area contributed by atoms with Crippen LogP contribution in [0.4, 0.5) is 10.5 Å². The Morgan fingerprint density at radius 2 is 2.00 bits per heavy atom. The average molecular weight is 352 g/mol. The smallest absolute Gasteiger partial charge is 0.293 e. The molecule has 0 bridgehead atoms. The lowest BCUT2D eigenvalue weighted by atomic mass is 10.2. The van der Waals surface area contributed by atoms with Crippen molar-refractivity contribution < 1.29 is 19.5 Å². The normalized spacial score (nSPS) is 27.5. The lowest BCUT2D eigenvalue weighted by Crippen LogP contribution is -2.44. The Labute approximate surface area is 142 Å². The molecule has 1 aromatic carbocycles. The maximum absolute atomic E-state index is 12.4. The van der Waals surface area contributed by atoms with Crippen molar-refractivity contribution in [2.24, 2.45) is 0 Å². The van der Waals surface area contributed by atoms with Crippen LogP contribution in [-0.4, -0.2) is 51.1 Å². The zero-order valence-electron chi connectivity index (χ0n) is 12.2. The van der Waals surface area contributed by atoms with E-state index in [1.165, 1.54) is 0 Å². The zero-order valence-corrected chi connectivity index (χ0v) is 13.8. The highest BCUT2D eigenvalue weighted by atomic mass is 32.2. The second-order valence-electron chi connectivity index (χ2n) is 5.36. The minimum absolute atomic E-state index is 0.0630. The number of para-hydroxylation sites is 1. The zero-order chi connectivity index (χ0) is 16.4. The maximum Gasteiger partial charge on any atom is 0.293 e. The highest BCUT2D eigenvalue weighted by molar-refractivity contribution is 8.15. The summed E-state index contributed by atoms with van der Waals surface area (Å²) in [6.07, 6.45) is -0.620. The number of benzene rings is 1. The van der Waals surface area contributed by atoms with Gasteiger partial charge in [0.25, 0.3) is 5.24 Å². The highest BCUT2D eigenvalue weighted by Crippen LogP contribution is 2.33. The Bertz CT molecular complexity index is 625. The Balaban J connectivity index is 1.62. The van der Waals surface area contributed by atoms with Crippen molar-refractivity contribution >= 4 is 46.3 Å². The van der Waals surface area contributed by atoms with E-state index in [4.69, 9.17) is 0 Å². The van der Waals surface area contributed by atoms with Crippen LogP contribution in [0.15, 0.2) is 30.3 Å². The molecule has 3 amide bonds. The van der Waals surface area contributed by atoms with Gasteiger partial charge in [-0.25, -0.2) is 4.90 Å². The maximum atomic E-state index is 12.4. The average Bonchev–Trinajstić information content (AvgIpc) is 3.04. The molecule has 0 saturated carbocycles. The van der Waals surface area contributed by atoms with Crippen LogP contribution in [0.25, 0.3) is 0 Å². The van der Waals surface area contributed by atoms with Crippen LogP contribution in [-0.2, 0) is 9.59 Å². The van der Waals surface area contributed by atoms with Crippen molar-refractivity contribution in [3.05, 3.63) is 30.3 Å². The third-order valence-corrected chi connectivity index (χ3v) is 5.91. The summed E-state index contributed by atoms with van der Waals surface area (Å²) in [7, 11) is 0. The molecule has 0 radical (unpaired) electrons. The van der Waals surface area contributed by atoms with Crippen LogP contribution in [0.1, 0.15) is 6.42 Å². The Hall–Kier alpha value is -1.51. The molecule has 0 aromatic heterocycles. The van der Waals surface area contributed by atoms with Crippen LogP contribution >= 0.6 is 23.5 Å². The first-order chi connectivity index (χ1) is 11.1. The number of nitrogens with one attached hydrogen (secondary N) is 1. The van der Waals surface area contributed by atoms with Gasteiger partial charge in [-0.1, -0.05) is 18.2 Å². The second kappa shape index (κ2) is 6.94. The molecule has 8 heteroatoms. The molecule has 122 valence electrons. The van der Waals surface area contributed by atoms with Gasteiger partial charge in [-0.2, -0.15) is 11.8 Å². The number of aliphatic hydroxyl groups excluding tert-OH is 1. The minimum atomic E-state index is -0.714. The molecule has 2 aliphatic heterocycles. The third-order valence-electron chi connectivity index (χ3n) is 3.70. The molecule has 3 atom stereocenters. The van der Waals surface area contributed by atoms with Crippen molar-refractivity contribution in [2.75, 3.05) is 16.4 Å². The first kappa shape index (κ1) is 16.4. The van der Waals surface area contributed by atoms with Crippen LogP contribution in [0.2, 0.25) is 0 Å². The number of hydrogen-bond acceptors (Lipinski definition) is 6. The Morgan fingerprint density at radius 3 is 2.65 bits per heavy atom. The van der Waals surface area contributed by atoms with Gasteiger partial charge in [0.15, 0.2) is 0 Å². The van der Waals surface area contributed by atoms with E-state index in [9.17, 15) is 19.5 Å². The molecule has 1 aromatic rings. The van der Waals surface area contributed by atoms with E-state index in [2.05, 4.69) is 5.32 Å². The predicted molar refractivity (Wildman–Crippen MR) is 90.6 cm³/mol. The summed E-state index contributed by atoms with van der Waals surface area (Å²) >= 11 is 2.45. The number of carbonyl (C=O) groups is 3. The number of amides is 3. The van der Waals surface area contributed by atoms with Gasteiger partial charge in [-0.05, 0) is 23.9 Å². The van der Waals surface area contributed by atoms with Gasteiger partial charge >= 0.3 is 0 Å². The first-order valence-electron chi connectivity index (χ1n) is 7.21. The van der Waals surface area contributed by atoms with Crippen molar-refractivity contribution in [3.63, 3.8) is 0 Å². The molecule has 6 nitrogen and oxygen atoms in total. The molecule has 0 unspecified atom stereocenters. The molecule has 2 aliphatic rings. The first-order valence-corrected chi connectivity index (χ1v) is 9.24. The minimum Gasteiger partial charge on any atom is -0.390 e. The van der Waals surface area contributed by atoms with E-state index in [-0.39, 0.29) is 29.5 Å². The fraction of sp³-hybridized carbons (Fsp3) is 0.400. The number of rotatable bonds is 4. The van der Waals surface area contributed by atoms with Crippen LogP contribution in [0.5, 0.6) is 0 Å². The number of hydrogen-bond donors (Lipinski definition) is 2. The van der Waals surface area contributed by atoms with E-state index >= 15 is 0 Å². The molecule has 0 aliphatic carbocycles. The summed E-state index contributed by atoms with van der Waals surface area (Å²) in [5.74, 6) is 0.573. The summed E-state index contributed by atoms with van der Waals surface area (Å²) in [6.45, 7) is 0. The number of anilines is 1. The molecule has 2 N–H and O–H groups in total. The van der Waals surface area contributed by atoms with Crippen molar-refractivity contribution in [1.29, 1.82) is 0 Å². The van der Waals surface area contributed by atoms with Crippen molar-refractivity contribution in [3.8, 4) is 0 Å². The lowest BCUT2D eigenvalue weighted by Gasteiger charge is -2.17. The molecule has 23 heavy (non-hydrogen) atoms. The fourth-order valence-electron chi connectivity index (χ4n) is 2.51. The Morgan fingerprint density at radius 1 is 1.26 bits per heavy atom. The summed E-state index contributed by atoms with van der Waals surface area (Å²) in [5.41, 5.74) is 0.514. The van der Waals surface area contributed by atoms with Gasteiger partial charge in [-0.15, -0.1) is 0 Å². The van der Waals surface area contributed by atoms with E-state index < -0.39 is 11.4 Å². The SMILES string of the molecule is O=C(C[C@H]1SC(=O)N(c2ccccc2)C1=O)N[C@H]1CSC[C@@H]1O. The number of nitrogens with zero attached hydrogens (tertiary/aromatic N) is 1. The van der Waals surface area contributed by atoms with Crippen LogP contribution in [0.3, 0.4) is 0 Å². The van der Waals surface area contributed by atoms with Gasteiger partial charge in [0, 0.05) is 17.9 Å². The van der Waals surface area contributed by atoms with E-state index in [1.54, 1.807) is 42.1 Å². The van der Waals surface area contributed by atoms with Gasteiger partial charge < -0.3 is 10.4 Å². The van der Waals surface area contributed by atoms with E-state index in [0.717, 1.165) is 16.7 Å². The number of imide groups is 1. The standard InChI is InChI=1S/C15H16N2O4S2/c18-11-8-22-7-10(11)16-13(19)6-12-14(20)17(15(21)23-12)9-4-2-1-3-5-9/h1-5,10-12,18H,6-8H2,(H,16,19)/t10-,11-,12+/m0/s1. The molecular formula is C15H16N2O4S2. The largest absolute Gasteiger partial charge is 0.390 e. The van der Waals surface area contributed by atoms with Crippen LogP contribution in [0, 0.1) is 0 Å². The summed E-state index contributed by atoms with van der Waals surface area (Å²) < 4.78 is 0. The lowest BCUT2D eigenvalue weighted by molar-refractivity contribution is -0.125. The number of aliphatic hydroxyl groups is 1. The second-order valence-corrected chi connectivity index (χ2v) is 7.59. The van der Waals surface area contributed by atoms with Crippen LogP contribution < -0.4 is 10.2 Å². The van der Waals surface area contributed by atoms with Gasteiger partial charge in [-0.3, -0.25) is 14.4 Å². The molecule has 3 rings (SSSR count). The Kier molecular flexibility index (Phi) is 4.93. The van der Waals surface area contributed by atoms with E-state index in [1.807, 2.05) is 0 Å².